The van der Waals surface area contributed by atoms with Gasteiger partial charge in [0, 0.05) is 23.5 Å². The lowest BCUT2D eigenvalue weighted by Gasteiger charge is -2.34. The molecule has 0 aliphatic heterocycles. The van der Waals surface area contributed by atoms with Gasteiger partial charge in [0.05, 0.1) is 5.69 Å². The van der Waals surface area contributed by atoms with Crippen LogP contribution in [0.15, 0.2) is 65.1 Å². The van der Waals surface area contributed by atoms with Gasteiger partial charge in [0.2, 0.25) is 0 Å². The average Bonchev–Trinajstić information content (AvgIpc) is 3.13. The van der Waals surface area contributed by atoms with E-state index in [1.165, 1.54) is 53.3 Å². The van der Waals surface area contributed by atoms with Gasteiger partial charge in [0.1, 0.15) is 5.58 Å². The van der Waals surface area contributed by atoms with Gasteiger partial charge < -0.3 is 9.32 Å². The first-order valence-electron chi connectivity index (χ1n) is 11.2. The van der Waals surface area contributed by atoms with E-state index in [4.69, 9.17) is 4.42 Å². The third-order valence-electron chi connectivity index (χ3n) is 7.10. The second-order valence-corrected chi connectivity index (χ2v) is 9.81. The third kappa shape index (κ3) is 3.29. The highest BCUT2D eigenvalue weighted by Gasteiger charge is 2.29. The zero-order valence-electron chi connectivity index (χ0n) is 18.5. The topological polar surface area (TPSA) is 16.4 Å². The van der Waals surface area contributed by atoms with Crippen LogP contribution in [0.3, 0.4) is 0 Å². The number of hydrogen-bond donors (Lipinski definition) is 0. The fourth-order valence-electron chi connectivity index (χ4n) is 5.03. The number of nitrogens with zero attached hydrogens (tertiary/aromatic N) is 1. The molecule has 0 atom stereocenters. The molecule has 2 nitrogen and oxygen atoms in total. The van der Waals surface area contributed by atoms with E-state index in [-0.39, 0.29) is 0 Å². The minimum atomic E-state index is 0.474. The molecule has 0 radical (unpaired) electrons. The fourth-order valence-corrected chi connectivity index (χ4v) is 5.03. The van der Waals surface area contributed by atoms with Gasteiger partial charge in [0.25, 0.3) is 0 Å². The van der Waals surface area contributed by atoms with Gasteiger partial charge in [-0.25, -0.2) is 0 Å². The van der Waals surface area contributed by atoms with E-state index in [0.29, 0.717) is 11.3 Å². The summed E-state index contributed by atoms with van der Waals surface area (Å²) >= 11 is 0. The first-order valence-corrected chi connectivity index (χ1v) is 11.2. The van der Waals surface area contributed by atoms with Gasteiger partial charge in [0.15, 0.2) is 5.58 Å². The predicted molar refractivity (Wildman–Crippen MR) is 128 cm³/mol. The Hall–Kier alpha value is -2.74. The SMILES string of the molecule is Cc1ccc(N(C)c2cccc3c2oc2c(C4CCC(C)(C)CC4)cccc23)cc1. The number of rotatable bonds is 3. The number of anilines is 2. The molecule has 0 saturated heterocycles. The summed E-state index contributed by atoms with van der Waals surface area (Å²) in [5.74, 6) is 0.598. The van der Waals surface area contributed by atoms with E-state index < -0.39 is 0 Å². The van der Waals surface area contributed by atoms with Crippen molar-refractivity contribution >= 4 is 33.3 Å². The standard InChI is InChI=1S/C28H31NO/c1-19-11-13-21(14-12-19)29(4)25-10-6-9-24-23-8-5-7-22(26(23)30-27(24)25)20-15-17-28(2,3)18-16-20/h5-14,20H,15-18H2,1-4H3. The molecule has 5 rings (SSSR count). The number of furan rings is 1. The number of fused-ring (bicyclic) bond motifs is 3. The van der Waals surface area contributed by atoms with Crippen LogP contribution >= 0.6 is 0 Å². The van der Waals surface area contributed by atoms with Crippen LogP contribution in [-0.2, 0) is 0 Å². The molecule has 154 valence electrons. The molecular formula is C28H31NO. The fraction of sp³-hybridized carbons (Fsp3) is 0.357. The third-order valence-corrected chi connectivity index (χ3v) is 7.10. The Bertz CT molecular complexity index is 1190. The van der Waals surface area contributed by atoms with E-state index in [1.54, 1.807) is 0 Å². The van der Waals surface area contributed by atoms with Crippen LogP contribution in [0, 0.1) is 12.3 Å². The van der Waals surface area contributed by atoms with Gasteiger partial charge >= 0.3 is 0 Å². The minimum Gasteiger partial charge on any atom is -0.454 e. The molecule has 30 heavy (non-hydrogen) atoms. The molecular weight excluding hydrogens is 366 g/mol. The smallest absolute Gasteiger partial charge is 0.159 e. The lowest BCUT2D eigenvalue weighted by atomic mass is 9.71. The summed E-state index contributed by atoms with van der Waals surface area (Å²) in [5, 5.41) is 2.45. The molecule has 2 heteroatoms. The molecule has 1 saturated carbocycles. The Morgan fingerprint density at radius 3 is 2.17 bits per heavy atom. The number of benzene rings is 3. The molecule has 0 unspecified atom stereocenters. The summed E-state index contributed by atoms with van der Waals surface area (Å²) in [5.41, 5.74) is 7.49. The molecule has 3 aromatic carbocycles. The normalized spacial score (nSPS) is 16.9. The van der Waals surface area contributed by atoms with Gasteiger partial charge in [-0.15, -0.1) is 0 Å². The van der Waals surface area contributed by atoms with Crippen molar-refractivity contribution < 1.29 is 4.42 Å². The minimum absolute atomic E-state index is 0.474. The van der Waals surface area contributed by atoms with Crippen molar-refractivity contribution in [2.45, 2.75) is 52.4 Å². The summed E-state index contributed by atoms with van der Waals surface area (Å²) in [7, 11) is 2.12. The highest BCUT2D eigenvalue weighted by Crippen LogP contribution is 2.46. The van der Waals surface area contributed by atoms with Crippen LogP contribution in [0.2, 0.25) is 0 Å². The summed E-state index contributed by atoms with van der Waals surface area (Å²) in [6, 6.07) is 21.9. The molecule has 4 aromatic rings. The molecule has 1 heterocycles. The Morgan fingerprint density at radius 1 is 0.833 bits per heavy atom. The lowest BCUT2D eigenvalue weighted by Crippen LogP contribution is -2.20. The van der Waals surface area contributed by atoms with Gasteiger partial charge in [-0.3, -0.25) is 0 Å². The summed E-state index contributed by atoms with van der Waals surface area (Å²) in [4.78, 5) is 2.23. The van der Waals surface area contributed by atoms with Crippen molar-refractivity contribution in [1.82, 2.24) is 0 Å². The highest BCUT2D eigenvalue weighted by molar-refractivity contribution is 6.10. The molecule has 0 N–H and O–H groups in total. The maximum atomic E-state index is 6.64. The van der Waals surface area contributed by atoms with E-state index in [0.717, 1.165) is 16.9 Å². The van der Waals surface area contributed by atoms with Crippen LogP contribution in [0.4, 0.5) is 11.4 Å². The largest absolute Gasteiger partial charge is 0.454 e. The monoisotopic (exact) mass is 397 g/mol. The highest BCUT2D eigenvalue weighted by atomic mass is 16.3. The van der Waals surface area contributed by atoms with Crippen molar-refractivity contribution in [2.75, 3.05) is 11.9 Å². The molecule has 0 spiro atoms. The van der Waals surface area contributed by atoms with Crippen LogP contribution in [0.1, 0.15) is 56.6 Å². The van der Waals surface area contributed by atoms with Crippen molar-refractivity contribution in [1.29, 1.82) is 0 Å². The second-order valence-electron chi connectivity index (χ2n) is 9.81. The van der Waals surface area contributed by atoms with Crippen LogP contribution in [0.5, 0.6) is 0 Å². The number of hydrogen-bond acceptors (Lipinski definition) is 2. The van der Waals surface area contributed by atoms with Crippen LogP contribution < -0.4 is 4.90 Å². The Labute approximate surface area is 179 Å². The molecule has 1 aliphatic carbocycles. The first-order chi connectivity index (χ1) is 14.4. The average molecular weight is 398 g/mol. The maximum Gasteiger partial charge on any atom is 0.159 e. The molecule has 1 fully saturated rings. The van der Waals surface area contributed by atoms with E-state index in [1.807, 2.05) is 0 Å². The quantitative estimate of drug-likeness (QED) is 0.345. The van der Waals surface area contributed by atoms with Crippen LogP contribution in [-0.4, -0.2) is 7.05 Å². The lowest BCUT2D eigenvalue weighted by molar-refractivity contribution is 0.224. The molecule has 1 aliphatic rings. The van der Waals surface area contributed by atoms with Crippen molar-refractivity contribution in [3.63, 3.8) is 0 Å². The van der Waals surface area contributed by atoms with E-state index in [2.05, 4.69) is 93.4 Å². The van der Waals surface area contributed by atoms with E-state index >= 15 is 0 Å². The van der Waals surface area contributed by atoms with Gasteiger partial charge in [-0.2, -0.15) is 0 Å². The summed E-state index contributed by atoms with van der Waals surface area (Å²) in [6.07, 6.45) is 5.07. The Kier molecular flexibility index (Phi) is 4.61. The van der Waals surface area contributed by atoms with Crippen molar-refractivity contribution in [3.8, 4) is 0 Å². The Morgan fingerprint density at radius 2 is 1.47 bits per heavy atom. The maximum absolute atomic E-state index is 6.64. The second kappa shape index (κ2) is 7.19. The summed E-state index contributed by atoms with van der Waals surface area (Å²) < 4.78 is 6.64. The predicted octanol–water partition coefficient (Wildman–Crippen LogP) is 8.35. The van der Waals surface area contributed by atoms with Crippen molar-refractivity contribution in [3.05, 3.63) is 71.8 Å². The van der Waals surface area contributed by atoms with Crippen LogP contribution in [0.25, 0.3) is 21.9 Å². The van der Waals surface area contributed by atoms with E-state index in [9.17, 15) is 0 Å². The number of aryl methyl sites for hydroxylation is 1. The number of para-hydroxylation sites is 2. The zero-order chi connectivity index (χ0) is 20.9. The molecule has 0 amide bonds. The zero-order valence-corrected chi connectivity index (χ0v) is 18.5. The van der Waals surface area contributed by atoms with Crippen molar-refractivity contribution in [2.24, 2.45) is 5.41 Å². The van der Waals surface area contributed by atoms with Gasteiger partial charge in [-0.1, -0.05) is 61.9 Å². The Balaban J connectivity index is 1.61. The first kappa shape index (κ1) is 19.2. The molecule has 1 aromatic heterocycles. The molecule has 0 bridgehead atoms. The van der Waals surface area contributed by atoms with Gasteiger partial charge in [-0.05, 0) is 67.7 Å². The summed E-state index contributed by atoms with van der Waals surface area (Å²) in [6.45, 7) is 6.92.